The molecule has 0 aromatic carbocycles. The predicted octanol–water partition coefficient (Wildman–Crippen LogP) is 3.88. The van der Waals surface area contributed by atoms with E-state index in [0.29, 0.717) is 20.3 Å². The van der Waals surface area contributed by atoms with Gasteiger partial charge in [-0.2, -0.15) is 0 Å². The average Bonchev–Trinajstić information content (AvgIpc) is 2.25. The molecule has 0 aliphatic carbocycles. The van der Waals surface area contributed by atoms with E-state index in [0.717, 1.165) is 0 Å². The Morgan fingerprint density at radius 3 is 2.75 bits per heavy atom. The van der Waals surface area contributed by atoms with Crippen LogP contribution in [0.4, 0.5) is 0 Å². The molecule has 3 nitrogen and oxygen atoms in total. The zero-order valence-corrected chi connectivity index (χ0v) is 11.6. The molecule has 0 spiro atoms. The molecule has 0 atom stereocenters. The number of nitrogens with zero attached hydrogens (tertiary/aromatic N) is 1. The third kappa shape index (κ3) is 2.21. The van der Waals surface area contributed by atoms with E-state index in [-0.39, 0.29) is 5.15 Å². The van der Waals surface area contributed by atoms with Gasteiger partial charge in [0.15, 0.2) is 5.76 Å². The van der Waals surface area contributed by atoms with Gasteiger partial charge in [0.25, 0.3) is 0 Å². The maximum absolute atomic E-state index is 11.4. The second kappa shape index (κ2) is 4.69. The molecular weight excluding hydrogens is 361 g/mol. The lowest BCUT2D eigenvalue weighted by Crippen LogP contribution is -2.00. The van der Waals surface area contributed by atoms with Crippen LogP contribution in [0.2, 0.25) is 5.15 Å². The van der Waals surface area contributed by atoms with Crippen LogP contribution >= 0.6 is 43.5 Å². The predicted molar refractivity (Wildman–Crippen MR) is 68.6 cm³/mol. The summed E-state index contributed by atoms with van der Waals surface area (Å²) >= 11 is 12.3. The number of rotatable bonds is 1. The molecule has 0 fully saturated rings. The SMILES string of the molecule is O=c1oc(-c2cccnc2Cl)c(Br)cc1Br. The highest BCUT2D eigenvalue weighted by Crippen LogP contribution is 2.32. The number of hydrogen-bond acceptors (Lipinski definition) is 3. The Morgan fingerprint density at radius 1 is 1.31 bits per heavy atom. The summed E-state index contributed by atoms with van der Waals surface area (Å²) in [4.78, 5) is 15.3. The van der Waals surface area contributed by atoms with E-state index >= 15 is 0 Å². The zero-order chi connectivity index (χ0) is 11.7. The Morgan fingerprint density at radius 2 is 2.06 bits per heavy atom. The lowest BCUT2D eigenvalue weighted by atomic mass is 10.2. The fourth-order valence-electron chi connectivity index (χ4n) is 1.16. The average molecular weight is 365 g/mol. The van der Waals surface area contributed by atoms with E-state index in [2.05, 4.69) is 36.8 Å². The highest BCUT2D eigenvalue weighted by molar-refractivity contribution is 9.11. The lowest BCUT2D eigenvalue weighted by Gasteiger charge is -2.04. The van der Waals surface area contributed by atoms with Crippen molar-refractivity contribution in [2.45, 2.75) is 0 Å². The summed E-state index contributed by atoms with van der Waals surface area (Å²) in [5.41, 5.74) is 0.110. The van der Waals surface area contributed by atoms with Gasteiger partial charge in [-0.15, -0.1) is 0 Å². The molecule has 16 heavy (non-hydrogen) atoms. The van der Waals surface area contributed by atoms with Crippen molar-refractivity contribution >= 4 is 43.5 Å². The van der Waals surface area contributed by atoms with Crippen LogP contribution in [-0.2, 0) is 0 Å². The molecule has 2 aromatic heterocycles. The third-order valence-electron chi connectivity index (χ3n) is 1.86. The number of hydrogen-bond donors (Lipinski definition) is 0. The van der Waals surface area contributed by atoms with Crippen LogP contribution < -0.4 is 5.63 Å². The quantitative estimate of drug-likeness (QED) is 0.721. The molecule has 0 radical (unpaired) electrons. The summed E-state index contributed by atoms with van der Waals surface area (Å²) < 4.78 is 6.12. The molecule has 0 aliphatic rings. The molecule has 6 heteroatoms. The highest BCUT2D eigenvalue weighted by atomic mass is 79.9. The van der Waals surface area contributed by atoms with Crippen LogP contribution in [0.3, 0.4) is 0 Å². The molecule has 82 valence electrons. The van der Waals surface area contributed by atoms with Gasteiger partial charge in [-0.05, 0) is 50.1 Å². The second-order valence-electron chi connectivity index (χ2n) is 2.90. The van der Waals surface area contributed by atoms with Crippen molar-refractivity contribution in [2.75, 3.05) is 0 Å². The van der Waals surface area contributed by atoms with Crippen LogP contribution in [0.5, 0.6) is 0 Å². The second-order valence-corrected chi connectivity index (χ2v) is 4.97. The molecule has 2 heterocycles. The molecule has 0 saturated carbocycles. The van der Waals surface area contributed by atoms with Gasteiger partial charge in [0, 0.05) is 6.20 Å². The first-order chi connectivity index (χ1) is 7.59. The number of pyridine rings is 1. The summed E-state index contributed by atoms with van der Waals surface area (Å²) in [7, 11) is 0. The molecule has 0 bridgehead atoms. The molecule has 0 unspecified atom stereocenters. The minimum Gasteiger partial charge on any atom is -0.421 e. The smallest absolute Gasteiger partial charge is 0.350 e. The lowest BCUT2D eigenvalue weighted by molar-refractivity contribution is 0.518. The molecule has 0 amide bonds. The van der Waals surface area contributed by atoms with Crippen molar-refractivity contribution in [3.05, 3.63) is 48.9 Å². The molecular formula is C10H4Br2ClNO2. The maximum Gasteiger partial charge on any atom is 0.350 e. The van der Waals surface area contributed by atoms with Gasteiger partial charge in [0.2, 0.25) is 0 Å². The van der Waals surface area contributed by atoms with Crippen LogP contribution in [0, 0.1) is 0 Å². The van der Waals surface area contributed by atoms with Crippen molar-refractivity contribution in [3.63, 3.8) is 0 Å². The standard InChI is InChI=1S/C10H4Br2ClNO2/c11-6-4-7(12)10(15)16-8(6)5-2-1-3-14-9(5)13/h1-4H. The van der Waals surface area contributed by atoms with Crippen LogP contribution in [0.1, 0.15) is 0 Å². The largest absolute Gasteiger partial charge is 0.421 e. The van der Waals surface area contributed by atoms with Crippen molar-refractivity contribution in [2.24, 2.45) is 0 Å². The number of halogens is 3. The summed E-state index contributed by atoms with van der Waals surface area (Å²) in [5, 5.41) is 0.286. The Labute approximate surface area is 113 Å². The molecule has 0 aliphatic heterocycles. The maximum atomic E-state index is 11.4. The van der Waals surface area contributed by atoms with E-state index in [1.54, 1.807) is 24.4 Å². The van der Waals surface area contributed by atoms with E-state index < -0.39 is 5.63 Å². The van der Waals surface area contributed by atoms with E-state index in [4.69, 9.17) is 16.0 Å². The van der Waals surface area contributed by atoms with E-state index in [1.165, 1.54) is 0 Å². The minimum atomic E-state index is -0.460. The first-order valence-electron chi connectivity index (χ1n) is 4.19. The molecule has 2 aromatic rings. The summed E-state index contributed by atoms with van der Waals surface area (Å²) in [5.74, 6) is 0.367. The van der Waals surface area contributed by atoms with Gasteiger partial charge in [-0.1, -0.05) is 11.6 Å². The fourth-order valence-corrected chi connectivity index (χ4v) is 2.51. The van der Waals surface area contributed by atoms with Crippen molar-refractivity contribution in [3.8, 4) is 11.3 Å². The van der Waals surface area contributed by atoms with Crippen molar-refractivity contribution < 1.29 is 4.42 Å². The summed E-state index contributed by atoms with van der Waals surface area (Å²) in [6.45, 7) is 0. The van der Waals surface area contributed by atoms with Crippen LogP contribution in [0.25, 0.3) is 11.3 Å². The third-order valence-corrected chi connectivity index (χ3v) is 3.31. The summed E-state index contributed by atoms with van der Waals surface area (Å²) in [6, 6.07) is 5.06. The van der Waals surface area contributed by atoms with E-state index in [1.807, 2.05) is 0 Å². The fraction of sp³-hybridized carbons (Fsp3) is 0. The van der Waals surface area contributed by atoms with Gasteiger partial charge in [0.05, 0.1) is 10.0 Å². The summed E-state index contributed by atoms with van der Waals surface area (Å²) in [6.07, 6.45) is 1.57. The molecule has 0 N–H and O–H groups in total. The molecule has 2 rings (SSSR count). The van der Waals surface area contributed by atoms with Crippen LogP contribution in [-0.4, -0.2) is 4.98 Å². The minimum absolute atomic E-state index is 0.286. The first-order valence-corrected chi connectivity index (χ1v) is 6.16. The Balaban J connectivity index is 2.70. The van der Waals surface area contributed by atoms with Gasteiger partial charge in [-0.25, -0.2) is 9.78 Å². The monoisotopic (exact) mass is 363 g/mol. The van der Waals surface area contributed by atoms with Gasteiger partial charge >= 0.3 is 5.63 Å². The molecule has 0 saturated heterocycles. The number of aromatic nitrogens is 1. The van der Waals surface area contributed by atoms with E-state index in [9.17, 15) is 4.79 Å². The van der Waals surface area contributed by atoms with Crippen molar-refractivity contribution in [1.82, 2.24) is 4.98 Å². The Bertz CT molecular complexity index is 598. The zero-order valence-electron chi connectivity index (χ0n) is 7.71. The Kier molecular flexibility index (Phi) is 3.47. The van der Waals surface area contributed by atoms with Gasteiger partial charge < -0.3 is 4.42 Å². The first kappa shape index (κ1) is 11.8. The topological polar surface area (TPSA) is 43.1 Å². The highest BCUT2D eigenvalue weighted by Gasteiger charge is 2.13. The Hall–Kier alpha value is -0.650. The van der Waals surface area contributed by atoms with Crippen LogP contribution in [0.15, 0.2) is 42.6 Å². The van der Waals surface area contributed by atoms with Gasteiger partial charge in [-0.3, -0.25) is 0 Å². The van der Waals surface area contributed by atoms with Crippen molar-refractivity contribution in [1.29, 1.82) is 0 Å². The normalized spacial score (nSPS) is 10.4. The van der Waals surface area contributed by atoms with Gasteiger partial charge in [0.1, 0.15) is 9.63 Å².